The zero-order chi connectivity index (χ0) is 20.1. The number of carboxylic acid groups (broad SMARTS) is 1. The zero-order valence-corrected chi connectivity index (χ0v) is 16.5. The van der Waals surface area contributed by atoms with Crippen LogP contribution in [0.1, 0.15) is 22.3 Å². The molecule has 0 saturated heterocycles. The van der Waals surface area contributed by atoms with Gasteiger partial charge < -0.3 is 9.84 Å². The molecule has 0 saturated carbocycles. The summed E-state index contributed by atoms with van der Waals surface area (Å²) in [6.07, 6.45) is 2.67. The van der Waals surface area contributed by atoms with E-state index in [1.807, 2.05) is 31.3 Å². The molecule has 0 aliphatic carbocycles. The summed E-state index contributed by atoms with van der Waals surface area (Å²) in [7, 11) is 0. The Morgan fingerprint density at radius 3 is 2.79 bits per heavy atom. The Morgan fingerprint density at radius 1 is 1.10 bits per heavy atom. The van der Waals surface area contributed by atoms with Gasteiger partial charge in [0.25, 0.3) is 0 Å². The third-order valence-electron chi connectivity index (χ3n) is 5.90. The van der Waals surface area contributed by atoms with Gasteiger partial charge in [0.2, 0.25) is 0 Å². The van der Waals surface area contributed by atoms with Crippen molar-refractivity contribution in [2.45, 2.75) is 26.7 Å². The molecule has 29 heavy (non-hydrogen) atoms. The summed E-state index contributed by atoms with van der Waals surface area (Å²) in [6, 6.07) is 14.4. The second-order valence-electron chi connectivity index (χ2n) is 7.69. The van der Waals surface area contributed by atoms with Gasteiger partial charge in [0.05, 0.1) is 18.5 Å². The van der Waals surface area contributed by atoms with Crippen LogP contribution >= 0.6 is 0 Å². The van der Waals surface area contributed by atoms with Crippen molar-refractivity contribution in [3.05, 3.63) is 70.9 Å². The zero-order valence-electron chi connectivity index (χ0n) is 16.5. The number of carboxylic acids is 1. The summed E-state index contributed by atoms with van der Waals surface area (Å²) < 4.78 is 5.88. The Labute approximate surface area is 168 Å². The average Bonchev–Trinajstić information content (AvgIpc) is 2.70. The van der Waals surface area contributed by atoms with Crippen LogP contribution in [0.25, 0.3) is 32.8 Å². The molecule has 3 aromatic carbocycles. The van der Waals surface area contributed by atoms with Crippen LogP contribution < -0.4 is 4.74 Å². The molecule has 0 spiro atoms. The normalized spacial score (nSPS) is 12.9. The van der Waals surface area contributed by atoms with E-state index in [-0.39, 0.29) is 6.42 Å². The molecule has 4 aromatic rings. The van der Waals surface area contributed by atoms with Crippen LogP contribution in [0.5, 0.6) is 5.75 Å². The number of rotatable bonds is 3. The van der Waals surface area contributed by atoms with E-state index in [0.29, 0.717) is 6.61 Å². The van der Waals surface area contributed by atoms with Crippen molar-refractivity contribution in [1.82, 2.24) is 4.98 Å². The molecule has 5 rings (SSSR count). The molecule has 0 atom stereocenters. The number of aromatic nitrogens is 1. The third kappa shape index (κ3) is 2.75. The molecule has 1 aliphatic heterocycles. The maximum absolute atomic E-state index is 11.7. The molecule has 0 amide bonds. The average molecular weight is 383 g/mol. The van der Waals surface area contributed by atoms with Gasteiger partial charge in [0.15, 0.2) is 0 Å². The molecule has 0 unspecified atom stereocenters. The molecular weight excluding hydrogens is 362 g/mol. The van der Waals surface area contributed by atoms with E-state index < -0.39 is 5.97 Å². The largest absolute Gasteiger partial charge is 0.493 e. The molecular formula is C25H21NO3. The molecule has 0 fully saturated rings. The van der Waals surface area contributed by atoms with E-state index >= 15 is 0 Å². The van der Waals surface area contributed by atoms with Gasteiger partial charge in [-0.25, -0.2) is 0 Å². The molecule has 1 aromatic heterocycles. The van der Waals surface area contributed by atoms with E-state index in [9.17, 15) is 9.90 Å². The van der Waals surface area contributed by atoms with Crippen molar-refractivity contribution in [1.29, 1.82) is 0 Å². The van der Waals surface area contributed by atoms with Crippen LogP contribution in [0, 0.1) is 13.8 Å². The molecule has 4 nitrogen and oxygen atoms in total. The number of nitrogens with zero attached hydrogens (tertiary/aromatic N) is 1. The lowest BCUT2D eigenvalue weighted by atomic mass is 9.86. The fourth-order valence-electron chi connectivity index (χ4n) is 4.54. The Bertz CT molecular complexity index is 1300. The highest BCUT2D eigenvalue weighted by Gasteiger charge is 2.22. The maximum Gasteiger partial charge on any atom is 0.307 e. The van der Waals surface area contributed by atoms with Crippen LogP contribution in [-0.4, -0.2) is 22.7 Å². The van der Waals surface area contributed by atoms with Gasteiger partial charge in [-0.2, -0.15) is 0 Å². The fourth-order valence-corrected chi connectivity index (χ4v) is 4.54. The number of aliphatic carboxylic acids is 1. The van der Waals surface area contributed by atoms with Crippen molar-refractivity contribution < 1.29 is 14.6 Å². The van der Waals surface area contributed by atoms with Crippen LogP contribution in [-0.2, 0) is 17.6 Å². The molecule has 144 valence electrons. The second-order valence-corrected chi connectivity index (χ2v) is 7.69. The third-order valence-corrected chi connectivity index (χ3v) is 5.90. The Morgan fingerprint density at radius 2 is 1.97 bits per heavy atom. The standard InChI is InChI=1S/C25H21NO3/c1-14-4-3-5-17-19(14)12-15(2)20(13-22(27)28)24(17)18-6-7-21-23-16(9-11-29-21)8-10-26-25(18)23/h3-8,10,12H,9,11,13H2,1-2H3,(H,27,28). The lowest BCUT2D eigenvalue weighted by molar-refractivity contribution is -0.136. The van der Waals surface area contributed by atoms with Gasteiger partial charge in [-0.05, 0) is 70.6 Å². The van der Waals surface area contributed by atoms with Crippen LogP contribution in [0.2, 0.25) is 0 Å². The molecule has 4 heteroatoms. The van der Waals surface area contributed by atoms with Gasteiger partial charge in [-0.15, -0.1) is 0 Å². The van der Waals surface area contributed by atoms with E-state index in [1.54, 1.807) is 0 Å². The summed E-state index contributed by atoms with van der Waals surface area (Å²) in [5, 5.41) is 12.8. The highest BCUT2D eigenvalue weighted by atomic mass is 16.5. The number of hydrogen-bond acceptors (Lipinski definition) is 3. The number of aryl methyl sites for hydroxylation is 2. The summed E-state index contributed by atoms with van der Waals surface area (Å²) in [4.78, 5) is 16.4. The Kier molecular flexibility index (Phi) is 4.02. The number of hydrogen-bond donors (Lipinski definition) is 1. The number of fused-ring (bicyclic) bond motifs is 1. The number of ether oxygens (including phenoxy) is 1. The first kappa shape index (κ1) is 17.7. The van der Waals surface area contributed by atoms with E-state index in [1.165, 1.54) is 11.1 Å². The molecule has 1 N–H and O–H groups in total. The second kappa shape index (κ2) is 6.59. The van der Waals surface area contributed by atoms with Gasteiger partial charge in [-0.1, -0.05) is 24.3 Å². The fraction of sp³-hybridized carbons (Fsp3) is 0.200. The smallest absolute Gasteiger partial charge is 0.307 e. The van der Waals surface area contributed by atoms with Crippen LogP contribution in [0.3, 0.4) is 0 Å². The minimum Gasteiger partial charge on any atom is -0.493 e. The topological polar surface area (TPSA) is 59.4 Å². The molecule has 0 radical (unpaired) electrons. The van der Waals surface area contributed by atoms with Crippen molar-refractivity contribution in [2.75, 3.05) is 6.61 Å². The first-order chi connectivity index (χ1) is 14.0. The summed E-state index contributed by atoms with van der Waals surface area (Å²) >= 11 is 0. The highest BCUT2D eigenvalue weighted by molar-refractivity contribution is 6.09. The lowest BCUT2D eigenvalue weighted by Crippen LogP contribution is -2.10. The van der Waals surface area contributed by atoms with Crippen molar-refractivity contribution in [3.63, 3.8) is 0 Å². The Hall–Kier alpha value is -3.40. The number of carbonyl (C=O) groups is 1. The Balaban J connectivity index is 1.94. The van der Waals surface area contributed by atoms with Crippen LogP contribution in [0.4, 0.5) is 0 Å². The van der Waals surface area contributed by atoms with Crippen LogP contribution in [0.15, 0.2) is 48.7 Å². The van der Waals surface area contributed by atoms with E-state index in [2.05, 4.69) is 31.2 Å². The van der Waals surface area contributed by atoms with Gasteiger partial charge in [0.1, 0.15) is 5.75 Å². The summed E-state index contributed by atoms with van der Waals surface area (Å²) in [6.45, 7) is 4.75. The van der Waals surface area contributed by atoms with Gasteiger partial charge in [-0.3, -0.25) is 9.78 Å². The predicted octanol–water partition coefficient (Wildman–Crippen LogP) is 5.23. The number of pyridine rings is 1. The summed E-state index contributed by atoms with van der Waals surface area (Å²) in [5.41, 5.74) is 7.04. The minimum atomic E-state index is -0.833. The van der Waals surface area contributed by atoms with E-state index in [0.717, 1.165) is 56.1 Å². The summed E-state index contributed by atoms with van der Waals surface area (Å²) in [5.74, 6) is 0.0198. The van der Waals surface area contributed by atoms with Crippen molar-refractivity contribution in [2.24, 2.45) is 0 Å². The SMILES string of the molecule is Cc1cc2c(C)cccc2c(-c2ccc3c4c(ccnc24)CCO3)c1CC(=O)O. The van der Waals surface area contributed by atoms with Crippen molar-refractivity contribution >= 4 is 27.6 Å². The first-order valence-corrected chi connectivity index (χ1v) is 9.82. The quantitative estimate of drug-likeness (QED) is 0.526. The maximum atomic E-state index is 11.7. The van der Waals surface area contributed by atoms with Gasteiger partial charge in [0, 0.05) is 23.6 Å². The monoisotopic (exact) mass is 383 g/mol. The molecule has 1 aliphatic rings. The minimum absolute atomic E-state index is 0.0233. The highest BCUT2D eigenvalue weighted by Crippen LogP contribution is 2.42. The first-order valence-electron chi connectivity index (χ1n) is 9.82. The molecule has 0 bridgehead atoms. The van der Waals surface area contributed by atoms with Crippen molar-refractivity contribution in [3.8, 4) is 16.9 Å². The van der Waals surface area contributed by atoms with Gasteiger partial charge >= 0.3 is 5.97 Å². The van der Waals surface area contributed by atoms with E-state index in [4.69, 9.17) is 9.72 Å². The molecule has 2 heterocycles. The predicted molar refractivity (Wildman–Crippen MR) is 115 cm³/mol. The lowest BCUT2D eigenvalue weighted by Gasteiger charge is -2.22. The number of benzene rings is 3.